The van der Waals surface area contributed by atoms with E-state index in [1.807, 2.05) is 37.2 Å². The second-order valence-electron chi connectivity index (χ2n) is 7.20. The number of amides is 1. The quantitative estimate of drug-likeness (QED) is 0.407. The molecule has 9 nitrogen and oxygen atoms in total. The summed E-state index contributed by atoms with van der Waals surface area (Å²) in [7, 11) is 3.88. The molecule has 0 unspecified atom stereocenters. The van der Waals surface area contributed by atoms with Crippen molar-refractivity contribution in [1.29, 1.82) is 0 Å². The van der Waals surface area contributed by atoms with Crippen molar-refractivity contribution in [2.24, 2.45) is 0 Å². The molecule has 2 heterocycles. The highest BCUT2D eigenvalue weighted by Crippen LogP contribution is 2.23. The van der Waals surface area contributed by atoms with E-state index >= 15 is 0 Å². The molecular formula is C21H22N6O3S. The molecule has 0 fully saturated rings. The van der Waals surface area contributed by atoms with E-state index in [1.165, 1.54) is 18.1 Å². The number of rotatable bonds is 8. The number of aromatic amines is 1. The summed E-state index contributed by atoms with van der Waals surface area (Å²) in [5.41, 5.74) is 3.19. The number of aromatic nitrogens is 4. The number of anilines is 1. The van der Waals surface area contributed by atoms with Gasteiger partial charge in [-0.15, -0.1) is 0 Å². The Morgan fingerprint density at radius 2 is 2.10 bits per heavy atom. The zero-order chi connectivity index (χ0) is 21.8. The van der Waals surface area contributed by atoms with E-state index in [2.05, 4.69) is 20.5 Å². The lowest BCUT2D eigenvalue weighted by Crippen LogP contribution is -2.23. The Morgan fingerprint density at radius 3 is 2.87 bits per heavy atom. The zero-order valence-corrected chi connectivity index (χ0v) is 18.0. The summed E-state index contributed by atoms with van der Waals surface area (Å²) in [6, 6.07) is 12.6. The number of benzene rings is 2. The van der Waals surface area contributed by atoms with Crippen molar-refractivity contribution in [3.05, 3.63) is 70.5 Å². The van der Waals surface area contributed by atoms with Gasteiger partial charge in [-0.2, -0.15) is 5.10 Å². The van der Waals surface area contributed by atoms with Crippen molar-refractivity contribution >= 4 is 34.5 Å². The predicted molar refractivity (Wildman–Crippen MR) is 119 cm³/mol. The largest absolute Gasteiger partial charge is 0.419 e. The Hall–Kier alpha value is -3.37. The minimum absolute atomic E-state index is 0.223. The fourth-order valence-electron chi connectivity index (χ4n) is 3.13. The third kappa shape index (κ3) is 4.86. The number of H-pyrrole nitrogens is 1. The number of fused-ring (bicyclic) bond motifs is 1. The maximum absolute atomic E-state index is 13.0. The van der Waals surface area contributed by atoms with E-state index in [4.69, 9.17) is 4.42 Å². The number of carbonyl (C=O) groups is 1. The Bertz CT molecular complexity index is 1250. The summed E-state index contributed by atoms with van der Waals surface area (Å²) in [6.45, 7) is 1.19. The van der Waals surface area contributed by atoms with E-state index in [0.717, 1.165) is 5.56 Å². The Morgan fingerprint density at radius 1 is 1.26 bits per heavy atom. The van der Waals surface area contributed by atoms with Crippen LogP contribution in [0.5, 0.6) is 0 Å². The highest BCUT2D eigenvalue weighted by atomic mass is 32.2. The molecule has 0 spiro atoms. The van der Waals surface area contributed by atoms with Crippen molar-refractivity contribution in [2.75, 3.05) is 26.0 Å². The average Bonchev–Trinajstić information content (AvgIpc) is 3.38. The smallest absolute Gasteiger partial charge is 0.408 e. The molecule has 160 valence electrons. The van der Waals surface area contributed by atoms with Crippen molar-refractivity contribution in [2.45, 2.75) is 17.5 Å². The summed E-state index contributed by atoms with van der Waals surface area (Å²) in [5.74, 6) is -0.0576. The lowest BCUT2D eigenvalue weighted by atomic mass is 10.1. The van der Waals surface area contributed by atoms with Crippen molar-refractivity contribution in [3.8, 4) is 0 Å². The highest BCUT2D eigenvalue weighted by molar-refractivity contribution is 7.98. The van der Waals surface area contributed by atoms with E-state index in [0.29, 0.717) is 46.3 Å². The van der Waals surface area contributed by atoms with Gasteiger partial charge in [0.15, 0.2) is 10.7 Å². The normalized spacial score (nSPS) is 11.3. The second kappa shape index (κ2) is 9.19. The first-order valence-corrected chi connectivity index (χ1v) is 10.7. The standard InChI is InChI=1S/C21H22N6O3S/c1-26(2)9-10-27-17-11-15(7-8-18(17)30-21(27)29)24-19(28)16-6-4-3-5-14(16)12-31-20-22-13-23-25-20/h3-8,11,13H,9-10,12H2,1-2H3,(H,24,28)(H,22,23,25). The number of hydrogen-bond donors (Lipinski definition) is 2. The molecule has 2 aromatic carbocycles. The number of carbonyl (C=O) groups excluding carboxylic acids is 1. The topological polar surface area (TPSA) is 109 Å². The molecule has 0 atom stereocenters. The molecule has 2 aromatic heterocycles. The van der Waals surface area contributed by atoms with Crippen LogP contribution in [0.4, 0.5) is 5.69 Å². The number of oxazole rings is 1. The Balaban J connectivity index is 1.54. The molecule has 0 aliphatic carbocycles. The van der Waals surface area contributed by atoms with Gasteiger partial charge in [-0.05, 0) is 43.9 Å². The van der Waals surface area contributed by atoms with Crippen LogP contribution in [0, 0.1) is 0 Å². The monoisotopic (exact) mass is 438 g/mol. The maximum Gasteiger partial charge on any atom is 0.419 e. The van der Waals surface area contributed by atoms with Crippen molar-refractivity contribution in [1.82, 2.24) is 24.6 Å². The van der Waals surface area contributed by atoms with Crippen LogP contribution in [0.3, 0.4) is 0 Å². The number of likely N-dealkylation sites (N-methyl/N-ethyl adjacent to an activating group) is 1. The minimum atomic E-state index is -0.407. The molecule has 0 aliphatic rings. The van der Waals surface area contributed by atoms with Crippen molar-refractivity contribution < 1.29 is 9.21 Å². The third-order valence-corrected chi connectivity index (χ3v) is 5.64. The van der Waals surface area contributed by atoms with Gasteiger partial charge in [0.2, 0.25) is 0 Å². The molecule has 2 N–H and O–H groups in total. The molecule has 10 heteroatoms. The summed E-state index contributed by atoms with van der Waals surface area (Å²) < 4.78 is 6.90. The molecule has 4 rings (SSSR count). The van der Waals surface area contributed by atoms with Crippen LogP contribution in [0.25, 0.3) is 11.1 Å². The Kier molecular flexibility index (Phi) is 6.19. The fourth-order valence-corrected chi connectivity index (χ4v) is 3.91. The minimum Gasteiger partial charge on any atom is -0.408 e. The zero-order valence-electron chi connectivity index (χ0n) is 17.2. The summed E-state index contributed by atoms with van der Waals surface area (Å²) >= 11 is 1.47. The molecule has 31 heavy (non-hydrogen) atoms. The first kappa shape index (κ1) is 20.9. The predicted octanol–water partition coefficient (Wildman–Crippen LogP) is 2.82. The van der Waals surface area contributed by atoms with E-state index < -0.39 is 5.76 Å². The molecule has 0 saturated carbocycles. The molecule has 4 aromatic rings. The van der Waals surface area contributed by atoms with Gasteiger partial charge in [-0.1, -0.05) is 30.0 Å². The first-order chi connectivity index (χ1) is 15.0. The summed E-state index contributed by atoms with van der Waals surface area (Å²) in [6.07, 6.45) is 1.45. The van der Waals surface area contributed by atoms with Gasteiger partial charge in [-0.3, -0.25) is 14.5 Å². The van der Waals surface area contributed by atoms with Gasteiger partial charge in [0.05, 0.1) is 5.52 Å². The average molecular weight is 439 g/mol. The number of nitrogens with zero attached hydrogens (tertiary/aromatic N) is 4. The van der Waals surface area contributed by atoms with Crippen LogP contribution in [0.15, 0.2) is 63.2 Å². The van der Waals surface area contributed by atoms with Gasteiger partial charge in [0, 0.05) is 30.1 Å². The molecule has 0 aliphatic heterocycles. The summed E-state index contributed by atoms with van der Waals surface area (Å²) in [4.78, 5) is 31.3. The van der Waals surface area contributed by atoms with Crippen LogP contribution in [0.1, 0.15) is 15.9 Å². The van der Waals surface area contributed by atoms with Crippen LogP contribution in [-0.2, 0) is 12.3 Å². The number of thioether (sulfide) groups is 1. The van der Waals surface area contributed by atoms with Gasteiger partial charge in [-0.25, -0.2) is 9.78 Å². The fraction of sp³-hybridized carbons (Fsp3) is 0.238. The third-order valence-electron chi connectivity index (χ3n) is 4.72. The van der Waals surface area contributed by atoms with Crippen LogP contribution < -0.4 is 11.1 Å². The SMILES string of the molecule is CN(C)CCn1c(=O)oc2ccc(NC(=O)c3ccccc3CSc3ncn[nH]3)cc21. The number of nitrogens with one attached hydrogen (secondary N) is 2. The maximum atomic E-state index is 13.0. The molecule has 0 saturated heterocycles. The van der Waals surface area contributed by atoms with Gasteiger partial charge in [0.1, 0.15) is 6.33 Å². The Labute approximate surface area is 182 Å². The van der Waals surface area contributed by atoms with E-state index in [9.17, 15) is 9.59 Å². The van der Waals surface area contributed by atoms with Gasteiger partial charge in [0.25, 0.3) is 5.91 Å². The molecular weight excluding hydrogens is 416 g/mol. The van der Waals surface area contributed by atoms with Crippen LogP contribution in [0.2, 0.25) is 0 Å². The lowest BCUT2D eigenvalue weighted by Gasteiger charge is -2.11. The van der Waals surface area contributed by atoms with Crippen LogP contribution in [-0.4, -0.2) is 51.2 Å². The van der Waals surface area contributed by atoms with E-state index in [-0.39, 0.29) is 5.91 Å². The van der Waals surface area contributed by atoms with Crippen molar-refractivity contribution in [3.63, 3.8) is 0 Å². The summed E-state index contributed by atoms with van der Waals surface area (Å²) in [5, 5.41) is 10.3. The van der Waals surface area contributed by atoms with Gasteiger partial charge >= 0.3 is 5.76 Å². The second-order valence-corrected chi connectivity index (χ2v) is 8.16. The lowest BCUT2D eigenvalue weighted by molar-refractivity contribution is 0.102. The molecule has 1 amide bonds. The number of hydrogen-bond acceptors (Lipinski definition) is 7. The van der Waals surface area contributed by atoms with Gasteiger partial charge < -0.3 is 14.6 Å². The molecule has 0 radical (unpaired) electrons. The van der Waals surface area contributed by atoms with Crippen LogP contribution >= 0.6 is 11.8 Å². The first-order valence-electron chi connectivity index (χ1n) is 9.67. The van der Waals surface area contributed by atoms with E-state index in [1.54, 1.807) is 28.8 Å². The molecule has 0 bridgehead atoms. The highest BCUT2D eigenvalue weighted by Gasteiger charge is 2.14.